The smallest absolute Gasteiger partial charge is 0.163 e. The van der Waals surface area contributed by atoms with E-state index >= 15 is 0 Å². The summed E-state index contributed by atoms with van der Waals surface area (Å²) in [5.74, 6) is 1.64. The van der Waals surface area contributed by atoms with Gasteiger partial charge in [-0.05, 0) is 0 Å². The van der Waals surface area contributed by atoms with Crippen LogP contribution in [0.1, 0.15) is 0 Å². The molecule has 3 aromatic heterocycles. The molecule has 4 heterocycles. The molecule has 0 aliphatic carbocycles. The Bertz CT molecular complexity index is 724. The first-order chi connectivity index (χ1) is 9.81. The summed E-state index contributed by atoms with van der Waals surface area (Å²) < 4.78 is 3.91. The first-order valence-electron chi connectivity index (χ1n) is 6.64. The minimum atomic E-state index is 0.644. The number of aromatic nitrogens is 6. The van der Waals surface area contributed by atoms with E-state index in [1.54, 1.807) is 11.0 Å². The maximum absolute atomic E-state index is 4.42. The van der Waals surface area contributed by atoms with E-state index in [1.165, 1.54) is 0 Å². The normalized spacial score (nSPS) is 15.8. The van der Waals surface area contributed by atoms with Crippen LogP contribution >= 0.6 is 0 Å². The molecule has 7 heteroatoms. The minimum Gasteiger partial charge on any atom is -0.355 e. The van der Waals surface area contributed by atoms with Crippen molar-refractivity contribution in [3.8, 4) is 0 Å². The summed E-state index contributed by atoms with van der Waals surface area (Å²) in [7, 11) is 1.90. The summed E-state index contributed by atoms with van der Waals surface area (Å²) in [5, 5.41) is 5.28. The molecule has 3 aromatic rings. The van der Waals surface area contributed by atoms with Crippen molar-refractivity contribution in [2.24, 2.45) is 13.0 Å². The first-order valence-corrected chi connectivity index (χ1v) is 6.64. The molecular formula is C13H15N7. The predicted molar refractivity (Wildman–Crippen MR) is 74.2 cm³/mol. The number of imidazole rings is 1. The van der Waals surface area contributed by atoms with Gasteiger partial charge in [0, 0.05) is 45.0 Å². The van der Waals surface area contributed by atoms with Crippen molar-refractivity contribution in [2.75, 3.05) is 18.0 Å². The number of anilines is 1. The van der Waals surface area contributed by atoms with Gasteiger partial charge in [0.1, 0.15) is 12.1 Å². The van der Waals surface area contributed by atoms with E-state index in [9.17, 15) is 0 Å². The number of aryl methyl sites for hydroxylation is 1. The summed E-state index contributed by atoms with van der Waals surface area (Å²) >= 11 is 0. The molecule has 1 fully saturated rings. The van der Waals surface area contributed by atoms with E-state index in [1.807, 2.05) is 32.0 Å². The minimum absolute atomic E-state index is 0.644. The number of rotatable bonds is 3. The van der Waals surface area contributed by atoms with Crippen LogP contribution in [0.5, 0.6) is 0 Å². The molecule has 0 atom stereocenters. The van der Waals surface area contributed by atoms with Crippen LogP contribution in [0.4, 0.5) is 5.82 Å². The van der Waals surface area contributed by atoms with Crippen LogP contribution in [-0.4, -0.2) is 42.4 Å². The van der Waals surface area contributed by atoms with Gasteiger partial charge in [-0.1, -0.05) is 0 Å². The SMILES string of the molecule is Cn1ncc2c(N3CC(Cn4ccnc4)C3)ncnc21. The van der Waals surface area contributed by atoms with Crippen LogP contribution in [0.25, 0.3) is 11.0 Å². The quantitative estimate of drug-likeness (QED) is 0.700. The van der Waals surface area contributed by atoms with Gasteiger partial charge >= 0.3 is 0 Å². The molecule has 0 unspecified atom stereocenters. The molecule has 0 saturated carbocycles. The van der Waals surface area contributed by atoms with Gasteiger partial charge in [0.15, 0.2) is 5.65 Å². The second kappa shape index (κ2) is 4.29. The Morgan fingerprint density at radius 1 is 1.30 bits per heavy atom. The lowest BCUT2D eigenvalue weighted by Crippen LogP contribution is -2.48. The summed E-state index contributed by atoms with van der Waals surface area (Å²) in [6.45, 7) is 3.04. The van der Waals surface area contributed by atoms with Gasteiger partial charge in [-0.3, -0.25) is 4.68 Å². The number of hydrogen-bond donors (Lipinski definition) is 0. The standard InChI is InChI=1S/C13H15N7/c1-18-12-11(4-17-18)13(16-8-15-12)20-6-10(7-20)5-19-3-2-14-9-19/h2-4,8-10H,5-7H2,1H3. The molecule has 0 aromatic carbocycles. The topological polar surface area (TPSA) is 64.7 Å². The average molecular weight is 269 g/mol. The highest BCUT2D eigenvalue weighted by Gasteiger charge is 2.29. The molecule has 0 radical (unpaired) electrons. The summed E-state index contributed by atoms with van der Waals surface area (Å²) in [4.78, 5) is 15.0. The van der Waals surface area contributed by atoms with Gasteiger partial charge in [0.25, 0.3) is 0 Å². The molecule has 1 aliphatic heterocycles. The fraction of sp³-hybridized carbons (Fsp3) is 0.385. The Kier molecular flexibility index (Phi) is 2.45. The summed E-state index contributed by atoms with van der Waals surface area (Å²) in [5.41, 5.74) is 0.882. The molecular weight excluding hydrogens is 254 g/mol. The molecule has 0 spiro atoms. The Morgan fingerprint density at radius 2 is 2.20 bits per heavy atom. The molecule has 1 aliphatic rings. The van der Waals surface area contributed by atoms with Crippen LogP contribution in [0.3, 0.4) is 0 Å². The number of hydrogen-bond acceptors (Lipinski definition) is 5. The van der Waals surface area contributed by atoms with E-state index < -0.39 is 0 Å². The van der Waals surface area contributed by atoms with Gasteiger partial charge < -0.3 is 9.47 Å². The molecule has 102 valence electrons. The maximum Gasteiger partial charge on any atom is 0.163 e. The van der Waals surface area contributed by atoms with Gasteiger partial charge in [-0.15, -0.1) is 0 Å². The van der Waals surface area contributed by atoms with E-state index in [4.69, 9.17) is 0 Å². The number of nitrogens with zero attached hydrogens (tertiary/aromatic N) is 7. The van der Waals surface area contributed by atoms with E-state index in [2.05, 4.69) is 29.5 Å². The van der Waals surface area contributed by atoms with Crippen molar-refractivity contribution in [1.29, 1.82) is 0 Å². The van der Waals surface area contributed by atoms with Crippen molar-refractivity contribution in [1.82, 2.24) is 29.3 Å². The molecule has 0 amide bonds. The lowest BCUT2D eigenvalue weighted by Gasteiger charge is -2.40. The van der Waals surface area contributed by atoms with Crippen molar-refractivity contribution < 1.29 is 0 Å². The first kappa shape index (κ1) is 11.4. The van der Waals surface area contributed by atoms with Crippen molar-refractivity contribution in [3.63, 3.8) is 0 Å². The number of fused-ring (bicyclic) bond motifs is 1. The van der Waals surface area contributed by atoms with Crippen LogP contribution in [0.2, 0.25) is 0 Å². The lowest BCUT2D eigenvalue weighted by atomic mass is 10.00. The maximum atomic E-state index is 4.42. The fourth-order valence-electron chi connectivity index (χ4n) is 2.75. The highest BCUT2D eigenvalue weighted by molar-refractivity contribution is 5.86. The Balaban J connectivity index is 1.52. The third-order valence-electron chi connectivity index (χ3n) is 3.79. The summed E-state index contributed by atoms with van der Waals surface area (Å²) in [6, 6.07) is 0. The van der Waals surface area contributed by atoms with Crippen LogP contribution < -0.4 is 4.90 Å². The average Bonchev–Trinajstić information content (AvgIpc) is 3.04. The zero-order chi connectivity index (χ0) is 13.5. The predicted octanol–water partition coefficient (Wildman–Crippen LogP) is 0.696. The van der Waals surface area contributed by atoms with Gasteiger partial charge in [0.05, 0.1) is 17.9 Å². The van der Waals surface area contributed by atoms with Crippen LogP contribution in [-0.2, 0) is 13.6 Å². The second-order valence-electron chi connectivity index (χ2n) is 5.23. The Morgan fingerprint density at radius 3 is 3.00 bits per heavy atom. The van der Waals surface area contributed by atoms with Crippen LogP contribution in [0, 0.1) is 5.92 Å². The van der Waals surface area contributed by atoms with E-state index in [-0.39, 0.29) is 0 Å². The zero-order valence-electron chi connectivity index (χ0n) is 11.2. The van der Waals surface area contributed by atoms with Crippen molar-refractivity contribution in [2.45, 2.75) is 6.54 Å². The molecule has 0 N–H and O–H groups in total. The Hall–Kier alpha value is -2.44. The molecule has 20 heavy (non-hydrogen) atoms. The van der Waals surface area contributed by atoms with E-state index in [0.29, 0.717) is 5.92 Å². The zero-order valence-corrected chi connectivity index (χ0v) is 11.2. The Labute approximate surface area is 115 Å². The summed E-state index contributed by atoms with van der Waals surface area (Å²) in [6.07, 6.45) is 9.15. The fourth-order valence-corrected chi connectivity index (χ4v) is 2.75. The monoisotopic (exact) mass is 269 g/mol. The highest BCUT2D eigenvalue weighted by atomic mass is 15.3. The molecule has 7 nitrogen and oxygen atoms in total. The van der Waals surface area contributed by atoms with Crippen molar-refractivity contribution >= 4 is 16.9 Å². The largest absolute Gasteiger partial charge is 0.355 e. The van der Waals surface area contributed by atoms with Crippen molar-refractivity contribution in [3.05, 3.63) is 31.2 Å². The van der Waals surface area contributed by atoms with Crippen LogP contribution in [0.15, 0.2) is 31.2 Å². The van der Waals surface area contributed by atoms with E-state index in [0.717, 1.165) is 36.5 Å². The molecule has 4 rings (SSSR count). The highest BCUT2D eigenvalue weighted by Crippen LogP contribution is 2.29. The molecule has 1 saturated heterocycles. The molecule has 0 bridgehead atoms. The third-order valence-corrected chi connectivity index (χ3v) is 3.79. The third kappa shape index (κ3) is 1.74. The van der Waals surface area contributed by atoms with Gasteiger partial charge in [0.2, 0.25) is 0 Å². The lowest BCUT2D eigenvalue weighted by molar-refractivity contribution is 0.356. The second-order valence-corrected chi connectivity index (χ2v) is 5.23. The van der Waals surface area contributed by atoms with Gasteiger partial charge in [-0.25, -0.2) is 15.0 Å². The van der Waals surface area contributed by atoms with Gasteiger partial charge in [-0.2, -0.15) is 5.10 Å².